The van der Waals surface area contributed by atoms with Crippen molar-refractivity contribution < 1.29 is 17.9 Å². The predicted octanol–water partition coefficient (Wildman–Crippen LogP) is 3.67. The zero-order valence-corrected chi connectivity index (χ0v) is 19.2. The third-order valence-electron chi connectivity index (χ3n) is 5.36. The third kappa shape index (κ3) is 4.82. The van der Waals surface area contributed by atoms with Crippen molar-refractivity contribution in [1.82, 2.24) is 9.62 Å². The molecule has 1 aromatic heterocycles. The Balaban J connectivity index is 1.43. The van der Waals surface area contributed by atoms with Crippen molar-refractivity contribution in [3.8, 4) is 0 Å². The number of fused-ring (bicyclic) bond motifs is 1. The van der Waals surface area contributed by atoms with E-state index in [1.807, 2.05) is 26.0 Å². The molecule has 3 aromatic rings. The second kappa shape index (κ2) is 9.08. The summed E-state index contributed by atoms with van der Waals surface area (Å²) in [5, 5.41) is 6.24. The van der Waals surface area contributed by atoms with Gasteiger partial charge in [-0.3, -0.25) is 4.79 Å². The summed E-state index contributed by atoms with van der Waals surface area (Å²) in [6, 6.07) is 14.4. The molecule has 1 amide bonds. The van der Waals surface area contributed by atoms with Crippen molar-refractivity contribution in [3.63, 3.8) is 0 Å². The second-order valence-electron chi connectivity index (χ2n) is 7.87. The third-order valence-corrected chi connectivity index (χ3v) is 8.20. The van der Waals surface area contributed by atoms with Crippen molar-refractivity contribution in [2.75, 3.05) is 19.6 Å². The summed E-state index contributed by atoms with van der Waals surface area (Å²) in [7, 11) is -3.69. The number of carbonyl (C=O) groups is 1. The molecule has 1 N–H and O–H groups in total. The van der Waals surface area contributed by atoms with Crippen LogP contribution in [0.25, 0.3) is 10.1 Å². The number of morpholine rings is 1. The number of amides is 1. The number of ether oxygens (including phenoxy) is 1. The topological polar surface area (TPSA) is 75.7 Å². The molecule has 1 saturated heterocycles. The zero-order chi connectivity index (χ0) is 22.0. The lowest BCUT2D eigenvalue weighted by Crippen LogP contribution is -2.48. The van der Waals surface area contributed by atoms with E-state index in [0.29, 0.717) is 25.2 Å². The number of carbonyl (C=O) groups excluding carboxylic acids is 1. The molecule has 4 rings (SSSR count). The Kier molecular flexibility index (Phi) is 6.43. The molecule has 6 nitrogen and oxygen atoms in total. The van der Waals surface area contributed by atoms with Gasteiger partial charge in [-0.1, -0.05) is 24.3 Å². The fourth-order valence-electron chi connectivity index (χ4n) is 3.91. The van der Waals surface area contributed by atoms with Gasteiger partial charge in [-0.25, -0.2) is 8.42 Å². The van der Waals surface area contributed by atoms with Crippen LogP contribution in [0.15, 0.2) is 58.8 Å². The molecular formula is C23H26N2O4S2. The van der Waals surface area contributed by atoms with Crippen molar-refractivity contribution >= 4 is 37.4 Å². The van der Waals surface area contributed by atoms with Gasteiger partial charge >= 0.3 is 0 Å². The number of hydrogen-bond acceptors (Lipinski definition) is 5. The Morgan fingerprint density at radius 2 is 1.87 bits per heavy atom. The minimum Gasteiger partial charge on any atom is -0.373 e. The van der Waals surface area contributed by atoms with E-state index >= 15 is 0 Å². The smallest absolute Gasteiger partial charge is 0.251 e. The van der Waals surface area contributed by atoms with Gasteiger partial charge in [0, 0.05) is 29.9 Å². The summed E-state index contributed by atoms with van der Waals surface area (Å²) in [6.45, 7) is 4.81. The Bertz CT molecular complexity index is 1180. The number of benzene rings is 2. The first kappa shape index (κ1) is 22.0. The normalized spacial score (nSPS) is 20.1. The van der Waals surface area contributed by atoms with Crippen LogP contribution in [-0.2, 0) is 21.2 Å². The lowest BCUT2D eigenvalue weighted by molar-refractivity contribution is -0.0440. The van der Waals surface area contributed by atoms with Gasteiger partial charge in [-0.2, -0.15) is 4.31 Å². The number of nitrogens with one attached hydrogen (secondary N) is 1. The largest absolute Gasteiger partial charge is 0.373 e. The number of nitrogens with zero attached hydrogens (tertiary/aromatic N) is 1. The molecule has 164 valence electrons. The summed E-state index contributed by atoms with van der Waals surface area (Å²) in [6.07, 6.45) is 0.383. The van der Waals surface area contributed by atoms with E-state index < -0.39 is 10.0 Å². The molecule has 2 aromatic carbocycles. The molecule has 2 heterocycles. The molecule has 1 aliphatic heterocycles. The highest BCUT2D eigenvalue weighted by molar-refractivity contribution is 7.89. The van der Waals surface area contributed by atoms with Crippen LogP contribution < -0.4 is 5.32 Å². The van der Waals surface area contributed by atoms with Crippen LogP contribution in [0.5, 0.6) is 0 Å². The summed E-state index contributed by atoms with van der Waals surface area (Å²) < 4.78 is 34.5. The molecule has 0 spiro atoms. The Labute approximate surface area is 186 Å². The molecule has 0 bridgehead atoms. The van der Waals surface area contributed by atoms with Gasteiger partial charge in [0.1, 0.15) is 0 Å². The summed E-state index contributed by atoms with van der Waals surface area (Å²) >= 11 is 1.69. The molecule has 8 heteroatoms. The van der Waals surface area contributed by atoms with Crippen molar-refractivity contribution in [1.29, 1.82) is 0 Å². The van der Waals surface area contributed by atoms with E-state index in [1.165, 1.54) is 32.1 Å². The SMILES string of the molecule is CC1CN(S(=O)(=O)c2cccc(C(=O)NCCc3csc4ccccc34)c2)CC(C)O1. The number of rotatable bonds is 6. The molecule has 1 fully saturated rings. The standard InChI is InChI=1S/C23H26N2O4S2/c1-16-13-25(14-17(2)29-16)31(27,28)20-7-5-6-18(12-20)23(26)24-11-10-19-15-30-22-9-4-3-8-21(19)22/h3-9,12,15-17H,10-11,13-14H2,1-2H3,(H,24,26). The van der Waals surface area contributed by atoms with Crippen LogP contribution in [0, 0.1) is 0 Å². The first-order chi connectivity index (χ1) is 14.8. The summed E-state index contributed by atoms with van der Waals surface area (Å²) in [5.74, 6) is -0.278. The number of sulfonamides is 1. The molecule has 1 aliphatic rings. The highest BCUT2D eigenvalue weighted by atomic mass is 32.2. The maximum absolute atomic E-state index is 13.1. The van der Waals surface area contributed by atoms with Crippen LogP contribution in [-0.4, -0.2) is 50.5 Å². The van der Waals surface area contributed by atoms with E-state index in [0.717, 1.165) is 6.42 Å². The summed E-state index contributed by atoms with van der Waals surface area (Å²) in [4.78, 5) is 12.8. The number of thiophene rings is 1. The number of hydrogen-bond donors (Lipinski definition) is 1. The maximum atomic E-state index is 13.1. The Morgan fingerprint density at radius 3 is 2.65 bits per heavy atom. The summed E-state index contributed by atoms with van der Waals surface area (Å²) in [5.41, 5.74) is 1.54. The van der Waals surface area contributed by atoms with Crippen molar-refractivity contribution in [2.24, 2.45) is 0 Å². The van der Waals surface area contributed by atoms with Gasteiger partial charge in [-0.05, 0) is 60.9 Å². The monoisotopic (exact) mass is 458 g/mol. The molecule has 31 heavy (non-hydrogen) atoms. The van der Waals surface area contributed by atoms with Crippen LogP contribution in [0.4, 0.5) is 0 Å². The fourth-order valence-corrected chi connectivity index (χ4v) is 6.55. The fraction of sp³-hybridized carbons (Fsp3) is 0.348. The minimum absolute atomic E-state index is 0.130. The maximum Gasteiger partial charge on any atom is 0.251 e. The van der Waals surface area contributed by atoms with Gasteiger partial charge in [0.2, 0.25) is 10.0 Å². The van der Waals surface area contributed by atoms with Crippen LogP contribution in [0.2, 0.25) is 0 Å². The average Bonchev–Trinajstić information content (AvgIpc) is 3.16. The zero-order valence-electron chi connectivity index (χ0n) is 17.6. The molecule has 2 unspecified atom stereocenters. The molecule has 0 radical (unpaired) electrons. The van der Waals surface area contributed by atoms with Gasteiger partial charge in [0.05, 0.1) is 17.1 Å². The van der Waals surface area contributed by atoms with E-state index in [-0.39, 0.29) is 23.0 Å². The van der Waals surface area contributed by atoms with E-state index in [2.05, 4.69) is 22.8 Å². The van der Waals surface area contributed by atoms with E-state index in [9.17, 15) is 13.2 Å². The van der Waals surface area contributed by atoms with Crippen LogP contribution >= 0.6 is 11.3 Å². The van der Waals surface area contributed by atoms with Gasteiger partial charge in [-0.15, -0.1) is 11.3 Å². The molecule has 0 saturated carbocycles. The minimum atomic E-state index is -3.69. The highest BCUT2D eigenvalue weighted by Crippen LogP contribution is 2.26. The van der Waals surface area contributed by atoms with E-state index in [4.69, 9.17) is 4.74 Å². The molecule has 0 aliphatic carbocycles. The molecule has 2 atom stereocenters. The average molecular weight is 459 g/mol. The van der Waals surface area contributed by atoms with Gasteiger partial charge in [0.15, 0.2) is 0 Å². The predicted molar refractivity (Wildman–Crippen MR) is 123 cm³/mol. The first-order valence-corrected chi connectivity index (χ1v) is 12.7. The Hall–Kier alpha value is -2.26. The van der Waals surface area contributed by atoms with Gasteiger partial charge in [0.25, 0.3) is 5.91 Å². The van der Waals surface area contributed by atoms with Gasteiger partial charge < -0.3 is 10.1 Å². The van der Waals surface area contributed by atoms with Crippen molar-refractivity contribution in [3.05, 3.63) is 65.0 Å². The van der Waals surface area contributed by atoms with Crippen LogP contribution in [0.3, 0.4) is 0 Å². The van der Waals surface area contributed by atoms with Crippen LogP contribution in [0.1, 0.15) is 29.8 Å². The lowest BCUT2D eigenvalue weighted by Gasteiger charge is -2.34. The Morgan fingerprint density at radius 1 is 1.13 bits per heavy atom. The first-order valence-electron chi connectivity index (χ1n) is 10.3. The lowest BCUT2D eigenvalue weighted by atomic mass is 10.1. The van der Waals surface area contributed by atoms with Crippen molar-refractivity contribution in [2.45, 2.75) is 37.4 Å². The second-order valence-corrected chi connectivity index (χ2v) is 10.7. The highest BCUT2D eigenvalue weighted by Gasteiger charge is 2.32. The van der Waals surface area contributed by atoms with E-state index in [1.54, 1.807) is 23.5 Å². The quantitative estimate of drug-likeness (QED) is 0.612. The molecular weight excluding hydrogens is 432 g/mol.